The maximum atomic E-state index is 11.7. The van der Waals surface area contributed by atoms with Crippen LogP contribution in [-0.4, -0.2) is 20.8 Å². The van der Waals surface area contributed by atoms with Crippen molar-refractivity contribution in [2.24, 2.45) is 0 Å². The molecule has 0 rings (SSSR count). The van der Waals surface area contributed by atoms with Gasteiger partial charge in [-0.1, -0.05) is 29.4 Å². The van der Waals surface area contributed by atoms with E-state index >= 15 is 0 Å². The van der Waals surface area contributed by atoms with Crippen LogP contribution in [0.3, 0.4) is 0 Å². The van der Waals surface area contributed by atoms with Crippen LogP contribution < -0.4 is 0 Å². The minimum atomic E-state index is -5.12. The SMILES string of the molecule is CC=C(C)C(CC=C(C)CCC=C(C)C)OP(=O)(O)OP(=O)(O)O. The second kappa shape index (κ2) is 10.5. The molecule has 0 bridgehead atoms. The zero-order valence-corrected chi connectivity index (χ0v) is 16.6. The van der Waals surface area contributed by atoms with Crippen molar-refractivity contribution in [2.45, 2.75) is 60.0 Å². The third-order valence-electron chi connectivity index (χ3n) is 3.20. The van der Waals surface area contributed by atoms with Crippen molar-refractivity contribution in [2.75, 3.05) is 0 Å². The van der Waals surface area contributed by atoms with Gasteiger partial charge < -0.3 is 14.7 Å². The fraction of sp³-hybridized carbons (Fsp3) is 0.600. The average molecular weight is 382 g/mol. The Bertz CT molecular complexity index is 583. The van der Waals surface area contributed by atoms with Gasteiger partial charge in [0.05, 0.1) is 6.10 Å². The zero-order valence-electron chi connectivity index (χ0n) is 14.8. The summed E-state index contributed by atoms with van der Waals surface area (Å²) in [5.41, 5.74) is 2.99. The molecule has 0 radical (unpaired) electrons. The molecule has 0 aromatic heterocycles. The molecule has 0 saturated carbocycles. The Hall–Kier alpha value is -0.520. The molecule has 2 atom stereocenters. The largest absolute Gasteiger partial charge is 0.481 e. The summed E-state index contributed by atoms with van der Waals surface area (Å²) in [7, 11) is -10.00. The predicted octanol–water partition coefficient (Wildman–Crippen LogP) is 4.63. The summed E-state index contributed by atoms with van der Waals surface area (Å²) in [6, 6.07) is 0. The van der Waals surface area contributed by atoms with Crippen LogP contribution in [-0.2, 0) is 18.0 Å². The van der Waals surface area contributed by atoms with E-state index in [0.29, 0.717) is 12.0 Å². The highest BCUT2D eigenvalue weighted by molar-refractivity contribution is 7.60. The van der Waals surface area contributed by atoms with Gasteiger partial charge in [-0.3, -0.25) is 4.52 Å². The first-order valence-corrected chi connectivity index (χ1v) is 10.6. The first kappa shape index (κ1) is 23.5. The van der Waals surface area contributed by atoms with Crippen LogP contribution >= 0.6 is 15.6 Å². The highest BCUT2D eigenvalue weighted by atomic mass is 31.3. The molecule has 0 spiro atoms. The van der Waals surface area contributed by atoms with Gasteiger partial charge in [0.15, 0.2) is 0 Å². The number of hydrogen-bond donors (Lipinski definition) is 3. The van der Waals surface area contributed by atoms with Crippen LogP contribution in [0.1, 0.15) is 53.9 Å². The first-order chi connectivity index (χ1) is 10.9. The van der Waals surface area contributed by atoms with Gasteiger partial charge in [0, 0.05) is 0 Å². The lowest BCUT2D eigenvalue weighted by Gasteiger charge is -2.20. The van der Waals surface area contributed by atoms with E-state index in [1.807, 2.05) is 26.8 Å². The van der Waals surface area contributed by atoms with E-state index < -0.39 is 21.7 Å². The van der Waals surface area contributed by atoms with E-state index in [9.17, 15) is 14.0 Å². The van der Waals surface area contributed by atoms with Crippen molar-refractivity contribution >= 4 is 15.6 Å². The Morgan fingerprint density at radius 1 is 1.08 bits per heavy atom. The normalized spacial score (nSPS) is 17.3. The monoisotopic (exact) mass is 382 g/mol. The molecule has 0 amide bonds. The lowest BCUT2D eigenvalue weighted by molar-refractivity contribution is 0.146. The molecule has 9 heteroatoms. The summed E-state index contributed by atoms with van der Waals surface area (Å²) in [5, 5.41) is 0. The van der Waals surface area contributed by atoms with Gasteiger partial charge in [0.1, 0.15) is 0 Å². The maximum absolute atomic E-state index is 11.7. The van der Waals surface area contributed by atoms with Crippen molar-refractivity contribution in [1.82, 2.24) is 0 Å². The number of rotatable bonds is 10. The fourth-order valence-corrected chi connectivity index (χ4v) is 3.61. The first-order valence-electron chi connectivity index (χ1n) is 7.56. The van der Waals surface area contributed by atoms with Crippen molar-refractivity contribution < 1.29 is 32.6 Å². The molecule has 0 heterocycles. The highest BCUT2D eigenvalue weighted by Gasteiger charge is 2.35. The van der Waals surface area contributed by atoms with Crippen LogP contribution in [0, 0.1) is 0 Å². The Kier molecular flexibility index (Phi) is 10.2. The molecular formula is C15H28O7P2. The van der Waals surface area contributed by atoms with E-state index in [1.165, 1.54) is 5.57 Å². The van der Waals surface area contributed by atoms with Crippen LogP contribution in [0.2, 0.25) is 0 Å². The van der Waals surface area contributed by atoms with Gasteiger partial charge in [-0.05, 0) is 59.5 Å². The zero-order chi connectivity index (χ0) is 19.0. The Morgan fingerprint density at radius 3 is 2.12 bits per heavy atom. The summed E-state index contributed by atoms with van der Waals surface area (Å²) in [5.74, 6) is 0. The number of phosphoric acid groups is 2. The summed E-state index contributed by atoms with van der Waals surface area (Å²) >= 11 is 0. The van der Waals surface area contributed by atoms with E-state index in [4.69, 9.17) is 14.3 Å². The van der Waals surface area contributed by atoms with Gasteiger partial charge in [-0.15, -0.1) is 0 Å². The minimum absolute atomic E-state index is 0.298. The van der Waals surface area contributed by atoms with E-state index in [0.717, 1.165) is 18.4 Å². The number of allylic oxidation sites excluding steroid dienone is 4. The highest BCUT2D eigenvalue weighted by Crippen LogP contribution is 2.58. The summed E-state index contributed by atoms with van der Waals surface area (Å²) in [6.07, 6.45) is 6.95. The summed E-state index contributed by atoms with van der Waals surface area (Å²) in [6.45, 7) is 9.44. The lowest BCUT2D eigenvalue weighted by atomic mass is 10.0. The molecule has 0 aliphatic heterocycles. The lowest BCUT2D eigenvalue weighted by Crippen LogP contribution is -2.13. The van der Waals surface area contributed by atoms with E-state index in [1.54, 1.807) is 19.9 Å². The average Bonchev–Trinajstić information content (AvgIpc) is 2.39. The van der Waals surface area contributed by atoms with Crippen molar-refractivity contribution in [3.8, 4) is 0 Å². The minimum Gasteiger partial charge on any atom is -0.302 e. The molecule has 24 heavy (non-hydrogen) atoms. The van der Waals surface area contributed by atoms with E-state index in [-0.39, 0.29) is 0 Å². The number of hydrogen-bond acceptors (Lipinski definition) is 4. The Labute approximate surface area is 143 Å². The fourth-order valence-electron chi connectivity index (χ4n) is 1.81. The van der Waals surface area contributed by atoms with E-state index in [2.05, 4.69) is 10.4 Å². The van der Waals surface area contributed by atoms with Gasteiger partial charge >= 0.3 is 15.6 Å². The van der Waals surface area contributed by atoms with Crippen molar-refractivity contribution in [3.05, 3.63) is 34.9 Å². The quantitative estimate of drug-likeness (QED) is 0.373. The third kappa shape index (κ3) is 11.9. The maximum Gasteiger partial charge on any atom is 0.481 e. The topological polar surface area (TPSA) is 113 Å². The molecule has 0 fully saturated rings. The Morgan fingerprint density at radius 2 is 1.67 bits per heavy atom. The predicted molar refractivity (Wildman–Crippen MR) is 94.3 cm³/mol. The molecule has 0 aliphatic carbocycles. The van der Waals surface area contributed by atoms with Crippen LogP contribution in [0.4, 0.5) is 0 Å². The van der Waals surface area contributed by atoms with Crippen LogP contribution in [0.25, 0.3) is 0 Å². The molecule has 140 valence electrons. The third-order valence-corrected chi connectivity index (χ3v) is 5.40. The molecule has 0 aromatic rings. The molecule has 0 aliphatic rings. The summed E-state index contributed by atoms with van der Waals surface area (Å²) in [4.78, 5) is 26.8. The second-order valence-corrected chi connectivity index (χ2v) is 8.56. The van der Waals surface area contributed by atoms with Gasteiger partial charge in [-0.25, -0.2) is 9.13 Å². The van der Waals surface area contributed by atoms with Crippen LogP contribution in [0.15, 0.2) is 34.9 Å². The molecule has 3 N–H and O–H groups in total. The Balaban J connectivity index is 4.95. The van der Waals surface area contributed by atoms with Gasteiger partial charge in [0.2, 0.25) is 0 Å². The molecular weight excluding hydrogens is 354 g/mol. The van der Waals surface area contributed by atoms with Gasteiger partial charge in [-0.2, -0.15) is 4.31 Å². The van der Waals surface area contributed by atoms with Gasteiger partial charge in [0.25, 0.3) is 0 Å². The smallest absolute Gasteiger partial charge is 0.302 e. The summed E-state index contributed by atoms with van der Waals surface area (Å²) < 4.78 is 31.2. The molecule has 0 saturated heterocycles. The van der Waals surface area contributed by atoms with Crippen molar-refractivity contribution in [1.29, 1.82) is 0 Å². The van der Waals surface area contributed by atoms with Crippen LogP contribution in [0.5, 0.6) is 0 Å². The van der Waals surface area contributed by atoms with Crippen molar-refractivity contribution in [3.63, 3.8) is 0 Å². The standard InChI is InChI=1S/C15H28O7P2/c1-6-14(5)15(21-24(19,20)22-23(16,17)18)11-10-13(4)9-7-8-12(2)3/h6,8,10,15H,7,9,11H2,1-5H3,(H,19,20)(H2,16,17,18). The molecule has 0 aromatic carbocycles. The second-order valence-electron chi connectivity index (χ2n) is 5.77. The number of phosphoric ester groups is 1. The molecule has 2 unspecified atom stereocenters. The molecule has 7 nitrogen and oxygen atoms in total.